The van der Waals surface area contributed by atoms with Gasteiger partial charge in [-0.25, -0.2) is 4.98 Å². The van der Waals surface area contributed by atoms with Crippen molar-refractivity contribution in [3.05, 3.63) is 113 Å². The van der Waals surface area contributed by atoms with Crippen LogP contribution in [-0.2, 0) is 16.0 Å². The Kier molecular flexibility index (Phi) is 12.2. The molecule has 4 nitrogen and oxygen atoms in total. The molecule has 1 saturated carbocycles. The zero-order valence-electron chi connectivity index (χ0n) is 24.9. The topological polar surface area (TPSA) is 59.4 Å². The summed E-state index contributed by atoms with van der Waals surface area (Å²) in [6, 6.07) is 18.3. The first kappa shape index (κ1) is 33.4. The molecule has 0 atom stereocenters. The van der Waals surface area contributed by atoms with E-state index in [0.29, 0.717) is 11.4 Å². The van der Waals surface area contributed by atoms with Gasteiger partial charge >= 0.3 is 5.97 Å². The molecule has 1 aliphatic carbocycles. The number of hydrogen-bond acceptors (Lipinski definition) is 5. The van der Waals surface area contributed by atoms with Gasteiger partial charge in [-0.1, -0.05) is 79.4 Å². The Bertz CT molecular complexity index is 1460. The van der Waals surface area contributed by atoms with E-state index in [1.54, 1.807) is 19.9 Å². The van der Waals surface area contributed by atoms with E-state index in [4.69, 9.17) is 11.6 Å². The van der Waals surface area contributed by atoms with E-state index in [9.17, 15) is 9.90 Å². The first-order valence-electron chi connectivity index (χ1n) is 14.2. The third-order valence-corrected chi connectivity index (χ3v) is 8.39. The number of hydrogen-bond donors (Lipinski definition) is 2. The molecule has 0 amide bonds. The second-order valence-corrected chi connectivity index (χ2v) is 12.1. The van der Waals surface area contributed by atoms with Crippen LogP contribution in [0.4, 0.5) is 0 Å². The van der Waals surface area contributed by atoms with Gasteiger partial charge in [-0.2, -0.15) is 12.6 Å². The number of halogens is 1. The number of ether oxygens (including phenoxy) is 1. The van der Waals surface area contributed by atoms with Gasteiger partial charge < -0.3 is 9.84 Å². The summed E-state index contributed by atoms with van der Waals surface area (Å²) in [6.07, 6.45) is 13.2. The van der Waals surface area contributed by atoms with Crippen molar-refractivity contribution in [2.24, 2.45) is 5.41 Å². The Balaban J connectivity index is 0.000000408. The molecule has 1 N–H and O–H groups in total. The minimum atomic E-state index is -0.919. The lowest BCUT2D eigenvalue weighted by Gasteiger charge is -2.22. The van der Waals surface area contributed by atoms with Crippen LogP contribution in [0.25, 0.3) is 23.1 Å². The summed E-state index contributed by atoms with van der Waals surface area (Å²) < 4.78 is 4.56. The van der Waals surface area contributed by atoms with E-state index in [-0.39, 0.29) is 11.4 Å². The van der Waals surface area contributed by atoms with Gasteiger partial charge in [0.2, 0.25) is 0 Å². The Morgan fingerprint density at radius 1 is 1.12 bits per heavy atom. The zero-order chi connectivity index (χ0) is 30.8. The monoisotopic (exact) mass is 603 g/mol. The number of allylic oxidation sites excluding steroid dienone is 2. The number of benzene rings is 2. The van der Waals surface area contributed by atoms with E-state index in [2.05, 4.69) is 71.9 Å². The van der Waals surface area contributed by atoms with Crippen LogP contribution in [-0.4, -0.2) is 34.5 Å². The van der Waals surface area contributed by atoms with Crippen LogP contribution < -0.4 is 0 Å². The predicted octanol–water partition coefficient (Wildman–Crippen LogP) is 9.08. The van der Waals surface area contributed by atoms with Crippen molar-refractivity contribution in [2.45, 2.75) is 58.0 Å². The van der Waals surface area contributed by atoms with Crippen molar-refractivity contribution in [3.8, 4) is 0 Å². The summed E-state index contributed by atoms with van der Waals surface area (Å²) in [6.45, 7) is 11.3. The molecule has 1 fully saturated rings. The number of aromatic nitrogens is 1. The second kappa shape index (κ2) is 15.4. The predicted molar refractivity (Wildman–Crippen MR) is 181 cm³/mol. The van der Waals surface area contributed by atoms with Crippen LogP contribution in [0.5, 0.6) is 0 Å². The van der Waals surface area contributed by atoms with Gasteiger partial charge in [0.25, 0.3) is 0 Å². The van der Waals surface area contributed by atoms with Gasteiger partial charge in [-0.3, -0.25) is 4.79 Å². The maximum absolute atomic E-state index is 10.8. The summed E-state index contributed by atoms with van der Waals surface area (Å²) >= 11 is 10.3. The number of aliphatic hydroxyl groups is 1. The molecule has 42 heavy (non-hydrogen) atoms. The van der Waals surface area contributed by atoms with Gasteiger partial charge in [0.1, 0.15) is 0 Å². The number of nitrogens with zero attached hydrogens (tertiary/aromatic N) is 1. The van der Waals surface area contributed by atoms with Crippen LogP contribution in [0, 0.1) is 5.41 Å². The van der Waals surface area contributed by atoms with Crippen molar-refractivity contribution in [3.63, 3.8) is 0 Å². The smallest absolute Gasteiger partial charge is 0.306 e. The number of rotatable bonds is 12. The molecule has 0 saturated heterocycles. The third-order valence-electron chi connectivity index (χ3n) is 7.48. The normalized spacial score (nSPS) is 14.5. The number of methoxy groups -OCH3 is 1. The molecule has 0 spiro atoms. The molecule has 0 unspecified atom stereocenters. The highest BCUT2D eigenvalue weighted by Gasteiger charge is 2.43. The number of aryl methyl sites for hydroxylation is 1. The highest BCUT2D eigenvalue weighted by Crippen LogP contribution is 2.49. The molecule has 0 bridgehead atoms. The Morgan fingerprint density at radius 3 is 2.48 bits per heavy atom. The molecular weight excluding hydrogens is 562 g/mol. The van der Waals surface area contributed by atoms with Gasteiger partial charge in [0.15, 0.2) is 0 Å². The quantitative estimate of drug-likeness (QED) is 0.123. The van der Waals surface area contributed by atoms with Crippen molar-refractivity contribution in [2.75, 3.05) is 12.9 Å². The fourth-order valence-corrected chi connectivity index (χ4v) is 5.38. The standard InChI is InChI=1S/C29H30ClNO.C7H12O2S/c1-5-23(27(6-2)29(3,4)32)12-8-11-21-9-7-10-22(19-21)13-17-26-18-15-24-14-16-25(30)20-28(24)31-26;1-9-6(8)4-7(5-10)2-3-7/h5-7,9-10,13-20,32H,1-2,8,11-12H2,3-4H3;10H,2-5H2,1H3/b17-13+,27-23-;. The van der Waals surface area contributed by atoms with E-state index in [1.165, 1.54) is 12.7 Å². The largest absolute Gasteiger partial charge is 0.469 e. The Morgan fingerprint density at radius 2 is 1.86 bits per heavy atom. The first-order valence-corrected chi connectivity index (χ1v) is 15.3. The number of pyridine rings is 1. The number of thiol groups is 1. The van der Waals surface area contributed by atoms with Crippen molar-refractivity contribution in [1.82, 2.24) is 4.98 Å². The number of esters is 1. The maximum Gasteiger partial charge on any atom is 0.306 e. The van der Waals surface area contributed by atoms with Gasteiger partial charge in [-0.15, -0.1) is 0 Å². The van der Waals surface area contributed by atoms with Gasteiger partial charge in [-0.05, 0) is 104 Å². The number of carbonyl (C=O) groups is 1. The average molecular weight is 604 g/mol. The summed E-state index contributed by atoms with van der Waals surface area (Å²) in [4.78, 5) is 15.5. The summed E-state index contributed by atoms with van der Waals surface area (Å²) in [7, 11) is 1.43. The van der Waals surface area contributed by atoms with E-state index in [0.717, 1.165) is 71.2 Å². The molecule has 0 radical (unpaired) electrons. The Hall–Kier alpha value is -3.12. The van der Waals surface area contributed by atoms with Crippen LogP contribution in [0.2, 0.25) is 5.02 Å². The lowest BCUT2D eigenvalue weighted by atomic mass is 9.90. The molecular formula is C36H42ClNO3S. The summed E-state index contributed by atoms with van der Waals surface area (Å²) in [5.74, 6) is 0.703. The Labute approximate surface area is 261 Å². The first-order chi connectivity index (χ1) is 20.0. The highest BCUT2D eigenvalue weighted by molar-refractivity contribution is 7.80. The van der Waals surface area contributed by atoms with Crippen LogP contribution in [0.1, 0.15) is 62.8 Å². The molecule has 222 valence electrons. The van der Waals surface area contributed by atoms with Crippen LogP contribution in [0.3, 0.4) is 0 Å². The highest BCUT2D eigenvalue weighted by atomic mass is 35.5. The molecule has 1 aromatic heterocycles. The van der Waals surface area contributed by atoms with Crippen LogP contribution >= 0.6 is 24.2 Å². The van der Waals surface area contributed by atoms with E-state index < -0.39 is 5.60 Å². The summed E-state index contributed by atoms with van der Waals surface area (Å²) in [5.41, 5.74) is 5.38. The minimum absolute atomic E-state index is 0.105. The van der Waals surface area contributed by atoms with E-state index in [1.807, 2.05) is 36.4 Å². The fourth-order valence-electron chi connectivity index (χ4n) is 4.78. The van der Waals surface area contributed by atoms with Crippen molar-refractivity contribution >= 4 is 53.3 Å². The molecule has 4 rings (SSSR count). The molecule has 6 heteroatoms. The SMILES string of the molecule is C=C/C(CCCc1cccc(/C=C/c2ccc3ccc(Cl)cc3n2)c1)=C(\C=C)C(C)(C)O.COC(=O)CC1(CS)CC1. The second-order valence-electron chi connectivity index (χ2n) is 11.3. The van der Waals surface area contributed by atoms with E-state index >= 15 is 0 Å². The number of fused-ring (bicyclic) bond motifs is 1. The molecule has 1 aliphatic rings. The molecule has 0 aliphatic heterocycles. The van der Waals surface area contributed by atoms with Crippen LogP contribution in [0.15, 0.2) is 91.1 Å². The van der Waals surface area contributed by atoms with Crippen molar-refractivity contribution < 1.29 is 14.6 Å². The molecule has 1 heterocycles. The average Bonchev–Trinajstić information content (AvgIpc) is 3.74. The fraction of sp³-hybridized carbons (Fsp3) is 0.333. The van der Waals surface area contributed by atoms with Gasteiger partial charge in [0, 0.05) is 10.4 Å². The minimum Gasteiger partial charge on any atom is -0.469 e. The molecule has 3 aromatic rings. The lowest BCUT2D eigenvalue weighted by Crippen LogP contribution is -2.22. The van der Waals surface area contributed by atoms with Gasteiger partial charge in [0.05, 0.1) is 30.3 Å². The molecule has 2 aromatic carbocycles. The zero-order valence-corrected chi connectivity index (χ0v) is 26.6. The third kappa shape index (κ3) is 10.0. The van der Waals surface area contributed by atoms with Crippen molar-refractivity contribution in [1.29, 1.82) is 0 Å². The maximum atomic E-state index is 10.8. The number of carbonyl (C=O) groups excluding carboxylic acids is 1. The lowest BCUT2D eigenvalue weighted by molar-refractivity contribution is -0.141. The summed E-state index contributed by atoms with van der Waals surface area (Å²) in [5, 5.41) is 12.1.